The number of carbonyl (C=O) groups excluding carboxylic acids is 2. The van der Waals surface area contributed by atoms with Crippen LogP contribution in [0.2, 0.25) is 0 Å². The molecule has 0 bridgehead atoms. The molecule has 0 N–H and O–H groups in total. The van der Waals surface area contributed by atoms with Crippen LogP contribution in [0.1, 0.15) is 97.3 Å². The van der Waals surface area contributed by atoms with Crippen LogP contribution < -0.4 is 0 Å². The summed E-state index contributed by atoms with van der Waals surface area (Å²) in [5.41, 5.74) is 0. The molecule has 1 aliphatic rings. The minimum atomic E-state index is -0.0143. The first-order chi connectivity index (χ1) is 11.2. The Morgan fingerprint density at radius 2 is 1.30 bits per heavy atom. The summed E-state index contributed by atoms with van der Waals surface area (Å²) in [7, 11) is 0. The van der Waals surface area contributed by atoms with E-state index < -0.39 is 0 Å². The van der Waals surface area contributed by atoms with Crippen molar-refractivity contribution in [1.82, 2.24) is 4.90 Å². The highest BCUT2D eigenvalue weighted by Gasteiger charge is 2.35. The van der Waals surface area contributed by atoms with Crippen LogP contribution in [0.4, 0.5) is 4.79 Å². The predicted octanol–water partition coefficient (Wildman–Crippen LogP) is 6.16. The van der Waals surface area contributed by atoms with Gasteiger partial charge in [-0.15, -0.1) is 0 Å². The van der Waals surface area contributed by atoms with Gasteiger partial charge in [-0.05, 0) is 12.8 Å². The Hall–Kier alpha value is -0.510. The zero-order chi connectivity index (χ0) is 16.9. The van der Waals surface area contributed by atoms with Crippen LogP contribution >= 0.6 is 11.8 Å². The summed E-state index contributed by atoms with van der Waals surface area (Å²) < 4.78 is 0. The zero-order valence-corrected chi connectivity index (χ0v) is 16.0. The molecule has 0 radical (unpaired) electrons. The summed E-state index contributed by atoms with van der Waals surface area (Å²) in [6, 6.07) is 0.151. The van der Waals surface area contributed by atoms with Crippen molar-refractivity contribution >= 4 is 22.9 Å². The smallest absolute Gasteiger partial charge is 0.273 e. The summed E-state index contributed by atoms with van der Waals surface area (Å²) in [6.45, 7) is 4.46. The number of rotatable bonds is 14. The normalized spacial score (nSPS) is 16.3. The molecule has 0 saturated carbocycles. The standard InChI is InChI=1S/C19H35NO2S/c1-3-5-7-9-11-13-15-17(14-12-10-8-6-4-2)20-18(21)16-23-19(20)22/h17H,3-16H2,1-2H3. The third-order valence-electron chi connectivity index (χ3n) is 4.68. The fourth-order valence-electron chi connectivity index (χ4n) is 3.26. The Morgan fingerprint density at radius 1 is 0.826 bits per heavy atom. The van der Waals surface area contributed by atoms with Crippen LogP contribution in [-0.2, 0) is 4.79 Å². The Kier molecular flexibility index (Phi) is 11.5. The number of hydrogen-bond donors (Lipinski definition) is 0. The maximum absolute atomic E-state index is 12.0. The Morgan fingerprint density at radius 3 is 1.74 bits per heavy atom. The van der Waals surface area contributed by atoms with Crippen molar-refractivity contribution in [3.05, 3.63) is 0 Å². The van der Waals surface area contributed by atoms with E-state index >= 15 is 0 Å². The average Bonchev–Trinajstić information content (AvgIpc) is 2.87. The first-order valence-electron chi connectivity index (χ1n) is 9.69. The van der Waals surface area contributed by atoms with E-state index in [1.54, 1.807) is 4.90 Å². The second-order valence-electron chi connectivity index (χ2n) is 6.73. The third-order valence-corrected chi connectivity index (χ3v) is 5.52. The number of unbranched alkanes of at least 4 members (excludes halogenated alkanes) is 9. The zero-order valence-electron chi connectivity index (χ0n) is 15.1. The van der Waals surface area contributed by atoms with Crippen molar-refractivity contribution in [2.75, 3.05) is 5.75 Å². The van der Waals surface area contributed by atoms with Crippen molar-refractivity contribution in [3.63, 3.8) is 0 Å². The highest BCUT2D eigenvalue weighted by atomic mass is 32.2. The minimum Gasteiger partial charge on any atom is -0.273 e. The molecule has 134 valence electrons. The maximum Gasteiger partial charge on any atom is 0.289 e. The number of imide groups is 1. The van der Waals surface area contributed by atoms with Crippen LogP contribution in [0.3, 0.4) is 0 Å². The molecule has 0 aromatic carbocycles. The van der Waals surface area contributed by atoms with Crippen LogP contribution in [0, 0.1) is 0 Å². The molecule has 0 spiro atoms. The van der Waals surface area contributed by atoms with E-state index in [0.717, 1.165) is 25.7 Å². The molecular weight excluding hydrogens is 306 g/mol. The van der Waals surface area contributed by atoms with E-state index in [9.17, 15) is 9.59 Å². The molecule has 1 atom stereocenters. The summed E-state index contributed by atoms with van der Waals surface area (Å²) in [6.07, 6.45) is 15.7. The predicted molar refractivity (Wildman–Crippen MR) is 99.9 cm³/mol. The van der Waals surface area contributed by atoms with Gasteiger partial charge in [0.15, 0.2) is 0 Å². The lowest BCUT2D eigenvalue weighted by Crippen LogP contribution is -2.39. The van der Waals surface area contributed by atoms with Gasteiger partial charge in [-0.3, -0.25) is 14.5 Å². The van der Waals surface area contributed by atoms with Crippen LogP contribution in [0.15, 0.2) is 0 Å². The van der Waals surface area contributed by atoms with Crippen LogP contribution in [0.25, 0.3) is 0 Å². The van der Waals surface area contributed by atoms with Crippen molar-refractivity contribution < 1.29 is 9.59 Å². The summed E-state index contributed by atoms with van der Waals surface area (Å²) in [5, 5.41) is -0.0143. The average molecular weight is 342 g/mol. The molecule has 4 heteroatoms. The van der Waals surface area contributed by atoms with Gasteiger partial charge >= 0.3 is 0 Å². The fraction of sp³-hybridized carbons (Fsp3) is 0.895. The van der Waals surface area contributed by atoms with E-state index in [0.29, 0.717) is 5.75 Å². The van der Waals surface area contributed by atoms with E-state index in [2.05, 4.69) is 13.8 Å². The quantitative estimate of drug-likeness (QED) is 0.355. The maximum atomic E-state index is 12.0. The molecule has 0 aromatic rings. The van der Waals surface area contributed by atoms with Gasteiger partial charge in [0.1, 0.15) is 0 Å². The summed E-state index contributed by atoms with van der Waals surface area (Å²) in [4.78, 5) is 25.6. The van der Waals surface area contributed by atoms with E-state index in [4.69, 9.17) is 0 Å². The fourth-order valence-corrected chi connectivity index (χ4v) is 4.04. The molecule has 0 aliphatic carbocycles. The monoisotopic (exact) mass is 341 g/mol. The molecule has 3 nitrogen and oxygen atoms in total. The van der Waals surface area contributed by atoms with Gasteiger partial charge in [0.05, 0.1) is 5.75 Å². The second kappa shape index (κ2) is 12.9. The van der Waals surface area contributed by atoms with Crippen LogP contribution in [0.5, 0.6) is 0 Å². The molecule has 0 aromatic heterocycles. The highest BCUT2D eigenvalue weighted by Crippen LogP contribution is 2.27. The molecule has 1 fully saturated rings. The number of hydrogen-bond acceptors (Lipinski definition) is 3. The number of carbonyl (C=O) groups is 2. The van der Waals surface area contributed by atoms with Gasteiger partial charge in [-0.2, -0.15) is 0 Å². The molecule has 1 rings (SSSR count). The molecule has 1 unspecified atom stereocenters. The van der Waals surface area contributed by atoms with Crippen molar-refractivity contribution in [3.8, 4) is 0 Å². The minimum absolute atomic E-state index is 0.0143. The first kappa shape index (κ1) is 20.5. The number of amides is 2. The molecule has 1 aliphatic heterocycles. The Labute approximate surface area is 147 Å². The lowest BCUT2D eigenvalue weighted by molar-refractivity contribution is -0.126. The molecule has 2 amide bonds. The van der Waals surface area contributed by atoms with Gasteiger partial charge in [0.2, 0.25) is 5.91 Å². The molecule has 1 heterocycles. The SMILES string of the molecule is CCCCCCCCC(CCCCCCC)N1C(=O)CSC1=O. The summed E-state index contributed by atoms with van der Waals surface area (Å²) >= 11 is 1.18. The second-order valence-corrected chi connectivity index (χ2v) is 7.66. The Balaban J connectivity index is 2.35. The molecule has 1 saturated heterocycles. The van der Waals surface area contributed by atoms with Crippen molar-refractivity contribution in [2.24, 2.45) is 0 Å². The number of thioether (sulfide) groups is 1. The highest BCUT2D eigenvalue weighted by molar-refractivity contribution is 8.14. The first-order valence-corrected chi connectivity index (χ1v) is 10.7. The van der Waals surface area contributed by atoms with Gasteiger partial charge in [-0.1, -0.05) is 96.2 Å². The van der Waals surface area contributed by atoms with Crippen molar-refractivity contribution in [2.45, 2.75) is 103 Å². The third kappa shape index (κ3) is 8.23. The lowest BCUT2D eigenvalue weighted by atomic mass is 9.99. The van der Waals surface area contributed by atoms with E-state index in [-0.39, 0.29) is 17.2 Å². The van der Waals surface area contributed by atoms with Crippen molar-refractivity contribution in [1.29, 1.82) is 0 Å². The Bertz CT molecular complexity index is 330. The van der Waals surface area contributed by atoms with Gasteiger partial charge < -0.3 is 0 Å². The molecular formula is C19H35NO2S. The lowest BCUT2D eigenvalue weighted by Gasteiger charge is -2.25. The van der Waals surface area contributed by atoms with Gasteiger partial charge in [0.25, 0.3) is 5.24 Å². The topological polar surface area (TPSA) is 37.4 Å². The van der Waals surface area contributed by atoms with Gasteiger partial charge in [0, 0.05) is 6.04 Å². The van der Waals surface area contributed by atoms with E-state index in [1.807, 2.05) is 0 Å². The van der Waals surface area contributed by atoms with Crippen LogP contribution in [-0.4, -0.2) is 27.8 Å². The largest absolute Gasteiger partial charge is 0.289 e. The van der Waals surface area contributed by atoms with E-state index in [1.165, 1.54) is 69.5 Å². The number of nitrogens with zero attached hydrogens (tertiary/aromatic N) is 1. The van der Waals surface area contributed by atoms with Gasteiger partial charge in [-0.25, -0.2) is 0 Å². The molecule has 23 heavy (non-hydrogen) atoms. The summed E-state index contributed by atoms with van der Waals surface area (Å²) in [5.74, 6) is 0.381.